The zero-order chi connectivity index (χ0) is 11.3. The summed E-state index contributed by atoms with van der Waals surface area (Å²) in [5.74, 6) is 4.83. The fourth-order valence-corrected chi connectivity index (χ4v) is 1.48. The Morgan fingerprint density at radius 3 is 2.87 bits per heavy atom. The maximum atomic E-state index is 11.5. The van der Waals surface area contributed by atoms with Crippen molar-refractivity contribution in [2.75, 3.05) is 12.4 Å². The zero-order valence-corrected chi connectivity index (χ0v) is 8.71. The summed E-state index contributed by atoms with van der Waals surface area (Å²) < 4.78 is 0. The Labute approximate surface area is 89.1 Å². The number of anilines is 1. The molecule has 0 radical (unpaired) electrons. The number of hydrogen-bond donors (Lipinski definition) is 3. The fourth-order valence-electron chi connectivity index (χ4n) is 1.48. The molecule has 1 amide bonds. The van der Waals surface area contributed by atoms with Crippen LogP contribution in [-0.2, 0) is 6.42 Å². The standard InChI is InChI=1S/C11H15N3O/c1-3-5-8-9(11(15)14-12)6-4-7-10(8)13-2/h3-4,6-7,13H,1,5,12H2,2H3,(H,14,15). The molecule has 1 aromatic carbocycles. The third kappa shape index (κ3) is 2.35. The van der Waals surface area contributed by atoms with E-state index in [0.717, 1.165) is 11.3 Å². The lowest BCUT2D eigenvalue weighted by atomic mass is 10.0. The lowest BCUT2D eigenvalue weighted by Gasteiger charge is -2.11. The smallest absolute Gasteiger partial charge is 0.265 e. The Kier molecular flexibility index (Phi) is 3.88. The van der Waals surface area contributed by atoms with Crippen molar-refractivity contribution >= 4 is 11.6 Å². The van der Waals surface area contributed by atoms with E-state index >= 15 is 0 Å². The molecule has 1 rings (SSSR count). The number of nitrogens with one attached hydrogen (secondary N) is 2. The van der Waals surface area contributed by atoms with Crippen LogP contribution in [0.5, 0.6) is 0 Å². The highest BCUT2D eigenvalue weighted by Gasteiger charge is 2.11. The maximum absolute atomic E-state index is 11.5. The van der Waals surface area contributed by atoms with E-state index in [4.69, 9.17) is 5.84 Å². The molecular formula is C11H15N3O. The molecule has 0 fully saturated rings. The first kappa shape index (κ1) is 11.3. The molecule has 0 saturated heterocycles. The number of amides is 1. The van der Waals surface area contributed by atoms with Gasteiger partial charge in [-0.05, 0) is 24.1 Å². The minimum Gasteiger partial charge on any atom is -0.388 e. The van der Waals surface area contributed by atoms with Crippen molar-refractivity contribution in [3.63, 3.8) is 0 Å². The van der Waals surface area contributed by atoms with Gasteiger partial charge in [0.2, 0.25) is 0 Å². The van der Waals surface area contributed by atoms with E-state index in [0.29, 0.717) is 12.0 Å². The Hall–Kier alpha value is -1.81. The topological polar surface area (TPSA) is 67.2 Å². The van der Waals surface area contributed by atoms with Crippen LogP contribution in [0.2, 0.25) is 0 Å². The Morgan fingerprint density at radius 2 is 2.33 bits per heavy atom. The molecule has 1 aromatic rings. The molecule has 0 aliphatic rings. The highest BCUT2D eigenvalue weighted by molar-refractivity contribution is 5.96. The van der Waals surface area contributed by atoms with E-state index < -0.39 is 0 Å². The largest absolute Gasteiger partial charge is 0.388 e. The van der Waals surface area contributed by atoms with Crippen molar-refractivity contribution in [3.05, 3.63) is 42.0 Å². The molecule has 80 valence electrons. The van der Waals surface area contributed by atoms with Gasteiger partial charge in [0, 0.05) is 18.3 Å². The number of allylic oxidation sites excluding steroid dienone is 1. The molecule has 0 aromatic heterocycles. The molecule has 0 atom stereocenters. The third-order valence-electron chi connectivity index (χ3n) is 2.17. The normalized spacial score (nSPS) is 9.47. The van der Waals surface area contributed by atoms with Crippen LogP contribution in [0, 0.1) is 0 Å². The van der Waals surface area contributed by atoms with E-state index in [-0.39, 0.29) is 5.91 Å². The molecule has 0 heterocycles. The van der Waals surface area contributed by atoms with Crippen LogP contribution in [0.3, 0.4) is 0 Å². The molecule has 4 nitrogen and oxygen atoms in total. The van der Waals surface area contributed by atoms with Crippen molar-refractivity contribution in [2.45, 2.75) is 6.42 Å². The summed E-state index contributed by atoms with van der Waals surface area (Å²) in [5.41, 5.74) is 4.52. The van der Waals surface area contributed by atoms with Gasteiger partial charge < -0.3 is 5.32 Å². The van der Waals surface area contributed by atoms with Crippen molar-refractivity contribution in [1.82, 2.24) is 5.43 Å². The van der Waals surface area contributed by atoms with Gasteiger partial charge in [0.05, 0.1) is 0 Å². The predicted molar refractivity (Wildman–Crippen MR) is 61.5 cm³/mol. The van der Waals surface area contributed by atoms with Gasteiger partial charge in [-0.3, -0.25) is 10.2 Å². The first-order valence-corrected chi connectivity index (χ1v) is 4.66. The lowest BCUT2D eigenvalue weighted by Crippen LogP contribution is -2.30. The van der Waals surface area contributed by atoms with Gasteiger partial charge >= 0.3 is 0 Å². The minimum absolute atomic E-state index is 0.288. The summed E-state index contributed by atoms with van der Waals surface area (Å²) in [5, 5.41) is 3.03. The summed E-state index contributed by atoms with van der Waals surface area (Å²) in [6, 6.07) is 5.46. The number of benzene rings is 1. The van der Waals surface area contributed by atoms with Gasteiger partial charge in [-0.15, -0.1) is 6.58 Å². The predicted octanol–water partition coefficient (Wildman–Crippen LogP) is 1.06. The van der Waals surface area contributed by atoms with Crippen molar-refractivity contribution < 1.29 is 4.79 Å². The molecule has 4 heteroatoms. The van der Waals surface area contributed by atoms with Crippen molar-refractivity contribution in [3.8, 4) is 0 Å². The summed E-state index contributed by atoms with van der Waals surface area (Å²) >= 11 is 0. The lowest BCUT2D eigenvalue weighted by molar-refractivity contribution is 0.0953. The van der Waals surface area contributed by atoms with Gasteiger partial charge in [-0.1, -0.05) is 12.1 Å². The number of carbonyl (C=O) groups excluding carboxylic acids is 1. The van der Waals surface area contributed by atoms with Gasteiger partial charge in [0.25, 0.3) is 5.91 Å². The van der Waals surface area contributed by atoms with Crippen molar-refractivity contribution in [1.29, 1.82) is 0 Å². The Morgan fingerprint density at radius 1 is 1.60 bits per heavy atom. The number of nitrogen functional groups attached to an aromatic ring is 1. The van der Waals surface area contributed by atoms with E-state index in [1.165, 1.54) is 0 Å². The maximum Gasteiger partial charge on any atom is 0.265 e. The number of carbonyl (C=O) groups is 1. The first-order chi connectivity index (χ1) is 7.24. The molecule has 0 bridgehead atoms. The van der Waals surface area contributed by atoms with E-state index in [9.17, 15) is 4.79 Å². The highest BCUT2D eigenvalue weighted by atomic mass is 16.2. The quantitative estimate of drug-likeness (QED) is 0.298. The fraction of sp³-hybridized carbons (Fsp3) is 0.182. The van der Waals surface area contributed by atoms with E-state index in [2.05, 4.69) is 17.3 Å². The average Bonchev–Trinajstić information content (AvgIpc) is 2.28. The van der Waals surface area contributed by atoms with Crippen LogP contribution in [0.1, 0.15) is 15.9 Å². The second-order valence-corrected chi connectivity index (χ2v) is 3.05. The number of rotatable bonds is 4. The summed E-state index contributed by atoms with van der Waals surface area (Å²) in [6.07, 6.45) is 2.38. The van der Waals surface area contributed by atoms with Crippen LogP contribution in [-0.4, -0.2) is 13.0 Å². The molecule has 0 aliphatic carbocycles. The highest BCUT2D eigenvalue weighted by Crippen LogP contribution is 2.20. The summed E-state index contributed by atoms with van der Waals surface area (Å²) in [4.78, 5) is 11.5. The second-order valence-electron chi connectivity index (χ2n) is 3.05. The summed E-state index contributed by atoms with van der Waals surface area (Å²) in [6.45, 7) is 3.67. The zero-order valence-electron chi connectivity index (χ0n) is 8.71. The van der Waals surface area contributed by atoms with Crippen LogP contribution in [0.4, 0.5) is 5.69 Å². The monoisotopic (exact) mass is 205 g/mol. The number of hydrazine groups is 1. The molecule has 0 spiro atoms. The molecule has 0 unspecified atom stereocenters. The Bertz CT molecular complexity index is 374. The molecule has 15 heavy (non-hydrogen) atoms. The van der Waals surface area contributed by atoms with Gasteiger partial charge in [0.15, 0.2) is 0 Å². The van der Waals surface area contributed by atoms with E-state index in [1.807, 2.05) is 19.2 Å². The first-order valence-electron chi connectivity index (χ1n) is 4.66. The van der Waals surface area contributed by atoms with Gasteiger partial charge in [-0.25, -0.2) is 5.84 Å². The van der Waals surface area contributed by atoms with Crippen molar-refractivity contribution in [2.24, 2.45) is 5.84 Å². The van der Waals surface area contributed by atoms with Crippen LogP contribution in [0.25, 0.3) is 0 Å². The van der Waals surface area contributed by atoms with Crippen LogP contribution >= 0.6 is 0 Å². The Balaban J connectivity index is 3.24. The summed E-state index contributed by atoms with van der Waals surface area (Å²) in [7, 11) is 1.81. The van der Waals surface area contributed by atoms with E-state index in [1.54, 1.807) is 12.1 Å². The van der Waals surface area contributed by atoms with Gasteiger partial charge in [0.1, 0.15) is 0 Å². The SMILES string of the molecule is C=CCc1c(NC)cccc1C(=O)NN. The minimum atomic E-state index is -0.288. The second kappa shape index (κ2) is 5.17. The van der Waals surface area contributed by atoms with Crippen LogP contribution in [0.15, 0.2) is 30.9 Å². The van der Waals surface area contributed by atoms with Gasteiger partial charge in [-0.2, -0.15) is 0 Å². The third-order valence-corrected chi connectivity index (χ3v) is 2.17. The molecular weight excluding hydrogens is 190 g/mol. The molecule has 4 N–H and O–H groups in total. The van der Waals surface area contributed by atoms with Crippen LogP contribution < -0.4 is 16.6 Å². The number of nitrogens with two attached hydrogens (primary N) is 1. The molecule has 0 aliphatic heterocycles. The number of hydrogen-bond acceptors (Lipinski definition) is 3. The molecule has 0 saturated carbocycles. The average molecular weight is 205 g/mol.